The van der Waals surface area contributed by atoms with Crippen LogP contribution < -0.4 is 5.32 Å². The largest absolute Gasteiger partial charge is 0.478 e. The van der Waals surface area contributed by atoms with Gasteiger partial charge in [-0.25, -0.2) is 9.48 Å². The Balaban J connectivity index is 2.16. The van der Waals surface area contributed by atoms with Crippen molar-refractivity contribution in [2.75, 3.05) is 5.32 Å². The molecule has 5 nitrogen and oxygen atoms in total. The van der Waals surface area contributed by atoms with Crippen molar-refractivity contribution in [1.82, 2.24) is 9.78 Å². The van der Waals surface area contributed by atoms with Crippen molar-refractivity contribution in [2.24, 2.45) is 0 Å². The molecule has 0 spiro atoms. The highest BCUT2D eigenvalue weighted by atomic mass is 35.5. The van der Waals surface area contributed by atoms with E-state index in [-0.39, 0.29) is 22.8 Å². The van der Waals surface area contributed by atoms with Crippen LogP contribution in [0.1, 0.15) is 16.1 Å². The summed E-state index contributed by atoms with van der Waals surface area (Å²) in [4.78, 5) is 11.4. The SMILES string of the molecule is O=C(O)c1ccccc1Nc1cc(C(F)(F)C(F)(F)C(F)(F)Cl)nn1-c1ccccc1. The minimum Gasteiger partial charge on any atom is -0.478 e. The molecule has 3 rings (SSSR count). The van der Waals surface area contributed by atoms with Crippen molar-refractivity contribution in [3.63, 3.8) is 0 Å². The first-order valence-corrected chi connectivity index (χ1v) is 8.81. The Morgan fingerprint density at radius 1 is 0.968 bits per heavy atom. The molecule has 1 aromatic heterocycles. The Kier molecular flexibility index (Phi) is 5.66. The van der Waals surface area contributed by atoms with E-state index >= 15 is 0 Å². The van der Waals surface area contributed by atoms with E-state index < -0.39 is 28.9 Å². The first kappa shape index (κ1) is 22.5. The molecular weight excluding hydrogens is 452 g/mol. The molecule has 0 aliphatic carbocycles. The summed E-state index contributed by atoms with van der Waals surface area (Å²) >= 11 is 4.23. The second-order valence-corrected chi connectivity index (χ2v) is 6.76. The Labute approximate surface area is 175 Å². The molecule has 0 aliphatic rings. The number of nitrogens with zero attached hydrogens (tertiary/aromatic N) is 2. The second kappa shape index (κ2) is 7.80. The molecule has 0 fully saturated rings. The summed E-state index contributed by atoms with van der Waals surface area (Å²) in [5, 5.41) is 9.63. The minimum atomic E-state index is -5.96. The first-order chi connectivity index (χ1) is 14.4. The van der Waals surface area contributed by atoms with Gasteiger partial charge in [0.1, 0.15) is 11.5 Å². The standard InChI is InChI=1S/C19H12ClF6N3O2/c20-19(25,26)18(23,24)17(21,22)14-10-15(29(28-14)11-6-2-1-3-7-11)27-13-9-5-4-8-12(13)16(30)31/h1-10,27H,(H,30,31). The molecule has 31 heavy (non-hydrogen) atoms. The molecule has 0 radical (unpaired) electrons. The van der Waals surface area contributed by atoms with Crippen LogP contribution in [0, 0.1) is 0 Å². The molecule has 0 saturated carbocycles. The maximum atomic E-state index is 14.4. The Hall–Kier alpha value is -3.21. The number of rotatable bonds is 7. The van der Waals surface area contributed by atoms with E-state index in [4.69, 9.17) is 0 Å². The Morgan fingerprint density at radius 2 is 1.55 bits per heavy atom. The third kappa shape index (κ3) is 4.05. The van der Waals surface area contributed by atoms with Gasteiger partial charge in [-0.05, 0) is 35.9 Å². The van der Waals surface area contributed by atoms with Gasteiger partial charge in [0.05, 0.1) is 16.9 Å². The fourth-order valence-electron chi connectivity index (χ4n) is 2.65. The average molecular weight is 464 g/mol. The van der Waals surface area contributed by atoms with E-state index in [1.54, 1.807) is 6.07 Å². The van der Waals surface area contributed by atoms with Crippen LogP contribution in [0.25, 0.3) is 5.69 Å². The fraction of sp³-hybridized carbons (Fsp3) is 0.158. The van der Waals surface area contributed by atoms with Crippen LogP contribution in [-0.4, -0.2) is 32.2 Å². The molecule has 0 unspecified atom stereocenters. The summed E-state index contributed by atoms with van der Waals surface area (Å²) in [6.45, 7) is 0. The van der Waals surface area contributed by atoms with Crippen molar-refractivity contribution in [2.45, 2.75) is 17.2 Å². The van der Waals surface area contributed by atoms with Gasteiger partial charge < -0.3 is 10.4 Å². The molecule has 0 bridgehead atoms. The van der Waals surface area contributed by atoms with E-state index in [1.807, 2.05) is 0 Å². The lowest BCUT2D eigenvalue weighted by Gasteiger charge is -2.27. The third-order valence-corrected chi connectivity index (χ3v) is 4.44. The number of aromatic carboxylic acids is 1. The van der Waals surface area contributed by atoms with E-state index in [1.165, 1.54) is 48.5 Å². The second-order valence-electron chi connectivity index (χ2n) is 6.28. The molecule has 0 atom stereocenters. The normalized spacial score (nSPS) is 12.6. The zero-order valence-electron chi connectivity index (χ0n) is 15.2. The quantitative estimate of drug-likeness (QED) is 0.339. The van der Waals surface area contributed by atoms with Crippen molar-refractivity contribution in [3.8, 4) is 5.69 Å². The van der Waals surface area contributed by atoms with Crippen LogP contribution in [-0.2, 0) is 5.92 Å². The number of para-hydroxylation sites is 2. The highest BCUT2D eigenvalue weighted by Crippen LogP contribution is 2.52. The molecule has 2 aromatic carbocycles. The number of carboxylic acids is 1. The number of nitrogens with one attached hydrogen (secondary N) is 1. The van der Waals surface area contributed by atoms with Crippen LogP contribution >= 0.6 is 11.6 Å². The maximum Gasteiger partial charge on any atom is 0.392 e. The van der Waals surface area contributed by atoms with Crippen LogP contribution in [0.3, 0.4) is 0 Å². The van der Waals surface area contributed by atoms with Gasteiger partial charge >= 0.3 is 23.2 Å². The lowest BCUT2D eigenvalue weighted by atomic mass is 10.1. The van der Waals surface area contributed by atoms with Gasteiger partial charge in [-0.2, -0.15) is 31.4 Å². The van der Waals surface area contributed by atoms with Gasteiger partial charge in [-0.1, -0.05) is 30.3 Å². The monoisotopic (exact) mass is 463 g/mol. The van der Waals surface area contributed by atoms with Gasteiger partial charge in [0.25, 0.3) is 0 Å². The Morgan fingerprint density at radius 3 is 2.13 bits per heavy atom. The lowest BCUT2D eigenvalue weighted by molar-refractivity contribution is -0.287. The zero-order chi connectivity index (χ0) is 23.0. The number of hydrogen-bond donors (Lipinski definition) is 2. The summed E-state index contributed by atoms with van der Waals surface area (Å²) in [5.41, 5.74) is -1.91. The summed E-state index contributed by atoms with van der Waals surface area (Å²) in [5.74, 6) is -13.1. The summed E-state index contributed by atoms with van der Waals surface area (Å²) < 4.78 is 83.1. The van der Waals surface area contributed by atoms with Crippen molar-refractivity contribution >= 4 is 29.1 Å². The number of anilines is 2. The molecular formula is C19H12ClF6N3O2. The number of carbonyl (C=O) groups is 1. The molecule has 0 aliphatic heterocycles. The maximum absolute atomic E-state index is 14.4. The van der Waals surface area contributed by atoms with Gasteiger partial charge in [0.2, 0.25) is 0 Å². The number of alkyl halides is 7. The van der Waals surface area contributed by atoms with Crippen molar-refractivity contribution in [1.29, 1.82) is 0 Å². The number of benzene rings is 2. The highest BCUT2D eigenvalue weighted by Gasteiger charge is 2.72. The fourth-order valence-corrected chi connectivity index (χ4v) is 2.76. The van der Waals surface area contributed by atoms with Gasteiger partial charge in [-0.15, -0.1) is 0 Å². The number of carboxylic acid groups (broad SMARTS) is 1. The van der Waals surface area contributed by atoms with Crippen LogP contribution in [0.15, 0.2) is 60.7 Å². The van der Waals surface area contributed by atoms with E-state index in [0.717, 1.165) is 4.68 Å². The van der Waals surface area contributed by atoms with Crippen LogP contribution in [0.5, 0.6) is 0 Å². The predicted molar refractivity (Wildman–Crippen MR) is 99.9 cm³/mol. The van der Waals surface area contributed by atoms with E-state index in [2.05, 4.69) is 22.0 Å². The summed E-state index contributed by atoms with van der Waals surface area (Å²) in [6.07, 6.45) is 0. The van der Waals surface area contributed by atoms with E-state index in [9.17, 15) is 36.2 Å². The molecule has 12 heteroatoms. The van der Waals surface area contributed by atoms with Crippen molar-refractivity contribution < 1.29 is 36.2 Å². The average Bonchev–Trinajstić information content (AvgIpc) is 3.12. The number of hydrogen-bond acceptors (Lipinski definition) is 3. The summed E-state index contributed by atoms with van der Waals surface area (Å²) in [6, 6.07) is 13.1. The number of aromatic nitrogens is 2. The zero-order valence-corrected chi connectivity index (χ0v) is 15.9. The molecule has 1 heterocycles. The first-order valence-electron chi connectivity index (χ1n) is 8.44. The number of halogens is 7. The minimum absolute atomic E-state index is 0.0728. The van der Waals surface area contributed by atoms with E-state index in [0.29, 0.717) is 6.07 Å². The molecule has 0 saturated heterocycles. The van der Waals surface area contributed by atoms with Gasteiger partial charge in [0.15, 0.2) is 0 Å². The molecule has 164 valence electrons. The molecule has 2 N–H and O–H groups in total. The van der Waals surface area contributed by atoms with Crippen LogP contribution in [0.2, 0.25) is 0 Å². The van der Waals surface area contributed by atoms with Crippen molar-refractivity contribution in [3.05, 3.63) is 71.9 Å². The van der Waals surface area contributed by atoms with Gasteiger partial charge in [-0.3, -0.25) is 0 Å². The Bertz CT molecular complexity index is 1100. The summed E-state index contributed by atoms with van der Waals surface area (Å²) in [7, 11) is 0. The molecule has 3 aromatic rings. The van der Waals surface area contributed by atoms with Gasteiger partial charge in [0, 0.05) is 6.07 Å². The third-order valence-electron chi connectivity index (χ3n) is 4.20. The lowest BCUT2D eigenvalue weighted by Crippen LogP contribution is -2.49. The van der Waals surface area contributed by atoms with Crippen LogP contribution in [0.4, 0.5) is 37.8 Å². The predicted octanol–water partition coefficient (Wildman–Crippen LogP) is 5.87. The molecule has 0 amide bonds. The smallest absolute Gasteiger partial charge is 0.392 e. The highest BCUT2D eigenvalue weighted by molar-refractivity contribution is 6.22. The topological polar surface area (TPSA) is 67.2 Å².